The number of likely N-dealkylation sites (tertiary alicyclic amines) is 1. The van der Waals surface area contributed by atoms with Crippen LogP contribution < -0.4 is 9.47 Å². The molecule has 1 aromatic carbocycles. The van der Waals surface area contributed by atoms with E-state index in [9.17, 15) is 5.11 Å². The number of hydrogen-bond donors (Lipinski definition) is 1. The van der Waals surface area contributed by atoms with Crippen LogP contribution in [0.5, 0.6) is 11.5 Å². The van der Waals surface area contributed by atoms with Crippen LogP contribution in [0.25, 0.3) is 0 Å². The number of piperidine rings is 1. The highest BCUT2D eigenvalue weighted by atomic mass is 35.5. The molecule has 22 heavy (non-hydrogen) atoms. The van der Waals surface area contributed by atoms with Crippen molar-refractivity contribution in [3.05, 3.63) is 23.8 Å². The Morgan fingerprint density at radius 2 is 2.09 bits per heavy atom. The SMILES string of the molecule is COc1cccc2c1OC(C)(N1CCC(CO)CC1)CC2.Cl. The summed E-state index contributed by atoms with van der Waals surface area (Å²) in [5.74, 6) is 2.18. The van der Waals surface area contributed by atoms with E-state index in [0.29, 0.717) is 12.5 Å². The van der Waals surface area contributed by atoms with Crippen molar-refractivity contribution in [2.75, 3.05) is 26.8 Å². The average Bonchev–Trinajstić information content (AvgIpc) is 2.54. The van der Waals surface area contributed by atoms with Crippen LogP contribution in [0.15, 0.2) is 18.2 Å². The molecule has 1 saturated heterocycles. The van der Waals surface area contributed by atoms with E-state index < -0.39 is 0 Å². The summed E-state index contributed by atoms with van der Waals surface area (Å²) in [6.45, 7) is 4.47. The summed E-state index contributed by atoms with van der Waals surface area (Å²) in [7, 11) is 1.69. The molecule has 2 aliphatic heterocycles. The number of hydrogen-bond acceptors (Lipinski definition) is 4. The molecule has 0 amide bonds. The van der Waals surface area contributed by atoms with Gasteiger partial charge in [-0.25, -0.2) is 0 Å². The molecule has 4 nitrogen and oxygen atoms in total. The van der Waals surface area contributed by atoms with Crippen LogP contribution in [-0.4, -0.2) is 42.5 Å². The van der Waals surface area contributed by atoms with Gasteiger partial charge in [-0.2, -0.15) is 0 Å². The Balaban J connectivity index is 0.00000176. The van der Waals surface area contributed by atoms with E-state index in [2.05, 4.69) is 17.9 Å². The van der Waals surface area contributed by atoms with Crippen molar-refractivity contribution in [2.45, 2.75) is 38.3 Å². The summed E-state index contributed by atoms with van der Waals surface area (Å²) < 4.78 is 11.8. The van der Waals surface area contributed by atoms with Gasteiger partial charge >= 0.3 is 0 Å². The standard InChI is InChI=1S/C17H25NO3.ClH/c1-17(18-10-7-13(12-19)8-11-18)9-6-14-4-3-5-15(20-2)16(14)21-17;/h3-5,13,19H,6-12H2,1-2H3;1H. The summed E-state index contributed by atoms with van der Waals surface area (Å²) >= 11 is 0. The predicted octanol–water partition coefficient (Wildman–Crippen LogP) is 2.86. The van der Waals surface area contributed by atoms with E-state index >= 15 is 0 Å². The van der Waals surface area contributed by atoms with Crippen LogP contribution in [0.1, 0.15) is 31.7 Å². The Kier molecular flexibility index (Phi) is 5.59. The number of fused-ring (bicyclic) bond motifs is 1. The second kappa shape index (κ2) is 7.07. The molecule has 1 unspecified atom stereocenters. The third-order valence-electron chi connectivity index (χ3n) is 5.00. The first-order valence-electron chi connectivity index (χ1n) is 7.87. The van der Waals surface area contributed by atoms with Crippen LogP contribution in [0.3, 0.4) is 0 Å². The second-order valence-corrected chi connectivity index (χ2v) is 6.34. The number of rotatable bonds is 3. The van der Waals surface area contributed by atoms with Crippen molar-refractivity contribution >= 4 is 12.4 Å². The number of aryl methyl sites for hydroxylation is 1. The largest absolute Gasteiger partial charge is 0.493 e. The summed E-state index contributed by atoms with van der Waals surface area (Å²) in [5.41, 5.74) is 0.972. The molecule has 0 saturated carbocycles. The Morgan fingerprint density at radius 3 is 2.73 bits per heavy atom. The lowest BCUT2D eigenvalue weighted by molar-refractivity contribution is -0.101. The van der Waals surface area contributed by atoms with Crippen molar-refractivity contribution in [3.63, 3.8) is 0 Å². The zero-order valence-electron chi connectivity index (χ0n) is 13.4. The molecule has 0 bridgehead atoms. The van der Waals surface area contributed by atoms with Gasteiger partial charge in [0.1, 0.15) is 0 Å². The number of ether oxygens (including phenoxy) is 2. The minimum atomic E-state index is -0.262. The number of benzene rings is 1. The van der Waals surface area contributed by atoms with Crippen LogP contribution in [-0.2, 0) is 6.42 Å². The fourth-order valence-electron chi connectivity index (χ4n) is 3.48. The maximum atomic E-state index is 9.28. The number of para-hydroxylation sites is 1. The topological polar surface area (TPSA) is 41.9 Å². The molecule has 0 aliphatic carbocycles. The van der Waals surface area contributed by atoms with Crippen LogP contribution in [0, 0.1) is 5.92 Å². The first-order chi connectivity index (χ1) is 10.2. The maximum Gasteiger partial charge on any atom is 0.167 e. The second-order valence-electron chi connectivity index (χ2n) is 6.34. The normalized spacial score (nSPS) is 25.8. The van der Waals surface area contributed by atoms with Gasteiger partial charge in [0.25, 0.3) is 0 Å². The average molecular weight is 328 g/mol. The minimum absolute atomic E-state index is 0. The number of nitrogens with zero attached hydrogens (tertiary/aromatic N) is 1. The lowest BCUT2D eigenvalue weighted by Crippen LogP contribution is -2.55. The molecule has 3 rings (SSSR count). The number of aliphatic hydroxyl groups excluding tert-OH is 1. The van der Waals surface area contributed by atoms with Gasteiger partial charge in [-0.3, -0.25) is 4.90 Å². The molecular weight excluding hydrogens is 302 g/mol. The Labute approximate surface area is 138 Å². The molecule has 1 aromatic rings. The van der Waals surface area contributed by atoms with Gasteiger partial charge in [0.2, 0.25) is 0 Å². The molecule has 2 heterocycles. The molecule has 0 radical (unpaired) electrons. The fraction of sp³-hybridized carbons (Fsp3) is 0.647. The monoisotopic (exact) mass is 327 g/mol. The van der Waals surface area contributed by atoms with Gasteiger partial charge in [-0.15, -0.1) is 12.4 Å². The van der Waals surface area contributed by atoms with Gasteiger partial charge in [0, 0.05) is 26.1 Å². The molecule has 0 spiro atoms. The van der Waals surface area contributed by atoms with Gasteiger partial charge in [0.15, 0.2) is 17.2 Å². The van der Waals surface area contributed by atoms with Crippen LogP contribution in [0.2, 0.25) is 0 Å². The van der Waals surface area contributed by atoms with Crippen molar-refractivity contribution in [3.8, 4) is 11.5 Å². The van der Waals surface area contributed by atoms with Gasteiger partial charge < -0.3 is 14.6 Å². The number of methoxy groups -OCH3 is 1. The first kappa shape index (κ1) is 17.4. The van der Waals surface area contributed by atoms with Crippen molar-refractivity contribution in [2.24, 2.45) is 5.92 Å². The minimum Gasteiger partial charge on any atom is -0.493 e. The predicted molar refractivity (Wildman–Crippen MR) is 89.0 cm³/mol. The van der Waals surface area contributed by atoms with Gasteiger partial charge in [-0.1, -0.05) is 12.1 Å². The zero-order chi connectivity index (χ0) is 14.9. The van der Waals surface area contributed by atoms with Crippen LogP contribution >= 0.6 is 12.4 Å². The highest BCUT2D eigenvalue weighted by Crippen LogP contribution is 2.42. The third-order valence-corrected chi connectivity index (χ3v) is 5.00. The number of aliphatic hydroxyl groups is 1. The molecule has 1 N–H and O–H groups in total. The molecule has 1 fully saturated rings. The fourth-order valence-corrected chi connectivity index (χ4v) is 3.48. The molecule has 1 atom stereocenters. The van der Waals surface area contributed by atoms with E-state index in [4.69, 9.17) is 9.47 Å². The molecule has 2 aliphatic rings. The summed E-state index contributed by atoms with van der Waals surface area (Å²) in [6, 6.07) is 6.11. The maximum absolute atomic E-state index is 9.28. The van der Waals surface area contributed by atoms with E-state index in [1.165, 1.54) is 5.56 Å². The summed E-state index contributed by atoms with van der Waals surface area (Å²) in [6.07, 6.45) is 4.11. The highest BCUT2D eigenvalue weighted by Gasteiger charge is 2.40. The van der Waals surface area contributed by atoms with Crippen LogP contribution in [0.4, 0.5) is 0 Å². The lowest BCUT2D eigenvalue weighted by atomic mass is 9.92. The lowest BCUT2D eigenvalue weighted by Gasteiger charge is -2.47. The molecule has 0 aromatic heterocycles. The number of halogens is 1. The molecular formula is C17H26ClNO3. The third kappa shape index (κ3) is 3.19. The summed E-state index contributed by atoms with van der Waals surface area (Å²) in [5, 5.41) is 9.28. The van der Waals surface area contributed by atoms with Gasteiger partial charge in [0.05, 0.1) is 7.11 Å². The zero-order valence-corrected chi connectivity index (χ0v) is 14.2. The van der Waals surface area contributed by atoms with Crippen molar-refractivity contribution in [1.82, 2.24) is 4.90 Å². The van der Waals surface area contributed by atoms with Gasteiger partial charge in [-0.05, 0) is 43.7 Å². The van der Waals surface area contributed by atoms with Crippen molar-refractivity contribution in [1.29, 1.82) is 0 Å². The highest BCUT2D eigenvalue weighted by molar-refractivity contribution is 5.85. The Morgan fingerprint density at radius 1 is 1.36 bits per heavy atom. The van der Waals surface area contributed by atoms with E-state index in [-0.39, 0.29) is 18.1 Å². The molecule has 124 valence electrons. The Bertz CT molecular complexity index is 488. The van der Waals surface area contributed by atoms with E-state index in [1.54, 1.807) is 7.11 Å². The summed E-state index contributed by atoms with van der Waals surface area (Å²) in [4.78, 5) is 2.43. The molecule has 5 heteroatoms. The van der Waals surface area contributed by atoms with E-state index in [1.807, 2.05) is 12.1 Å². The first-order valence-corrected chi connectivity index (χ1v) is 7.87. The van der Waals surface area contributed by atoms with Crippen molar-refractivity contribution < 1.29 is 14.6 Å². The quantitative estimate of drug-likeness (QED) is 0.927. The van der Waals surface area contributed by atoms with E-state index in [0.717, 1.165) is 50.3 Å². The smallest absolute Gasteiger partial charge is 0.167 e. The Hall–Kier alpha value is -0.970.